The standard InChI is InChI=1S/C21H33N3O4/c1-22-20(24-15-21(11-12-26-2)9-5-6-10-21)23-14-16-7-8-17(19(25)28-4)18(13-16)27-3/h7-8,13H,5-6,9-12,14-15H2,1-4H3,(H2,22,23,24). The summed E-state index contributed by atoms with van der Waals surface area (Å²) in [5.74, 6) is 0.852. The Balaban J connectivity index is 1.94. The molecule has 7 nitrogen and oxygen atoms in total. The zero-order valence-electron chi connectivity index (χ0n) is 17.5. The van der Waals surface area contributed by atoms with Gasteiger partial charge in [-0.25, -0.2) is 4.79 Å². The largest absolute Gasteiger partial charge is 0.496 e. The molecule has 1 saturated carbocycles. The van der Waals surface area contributed by atoms with Crippen molar-refractivity contribution >= 4 is 11.9 Å². The molecular formula is C21H33N3O4. The van der Waals surface area contributed by atoms with Crippen LogP contribution in [-0.4, -0.2) is 53.5 Å². The number of nitrogens with one attached hydrogen (secondary N) is 2. The second-order valence-corrected chi connectivity index (χ2v) is 7.26. The van der Waals surface area contributed by atoms with E-state index in [1.54, 1.807) is 27.3 Å². The zero-order chi connectivity index (χ0) is 20.4. The summed E-state index contributed by atoms with van der Waals surface area (Å²) in [5.41, 5.74) is 1.69. The van der Waals surface area contributed by atoms with Crippen molar-refractivity contribution in [2.24, 2.45) is 10.4 Å². The number of guanidine groups is 1. The summed E-state index contributed by atoms with van der Waals surface area (Å²) >= 11 is 0. The predicted octanol–water partition coefficient (Wildman–Crippen LogP) is 2.74. The average Bonchev–Trinajstić information content (AvgIpc) is 3.20. The van der Waals surface area contributed by atoms with Crippen LogP contribution < -0.4 is 15.4 Å². The maximum absolute atomic E-state index is 11.8. The van der Waals surface area contributed by atoms with E-state index >= 15 is 0 Å². The van der Waals surface area contributed by atoms with Gasteiger partial charge in [0.2, 0.25) is 0 Å². The fourth-order valence-electron chi connectivity index (χ4n) is 3.76. The van der Waals surface area contributed by atoms with Gasteiger partial charge in [-0.15, -0.1) is 0 Å². The van der Waals surface area contributed by atoms with Crippen molar-refractivity contribution in [1.29, 1.82) is 0 Å². The summed E-state index contributed by atoms with van der Waals surface area (Å²) in [6.07, 6.45) is 6.09. The number of carbonyl (C=O) groups is 1. The van der Waals surface area contributed by atoms with Crippen LogP contribution in [0, 0.1) is 5.41 Å². The molecule has 2 N–H and O–H groups in total. The van der Waals surface area contributed by atoms with Crippen molar-refractivity contribution in [2.75, 3.05) is 41.5 Å². The number of hydrogen-bond acceptors (Lipinski definition) is 5. The van der Waals surface area contributed by atoms with Crippen LogP contribution in [0.15, 0.2) is 23.2 Å². The topological polar surface area (TPSA) is 81.2 Å². The number of methoxy groups -OCH3 is 3. The Morgan fingerprint density at radius 2 is 1.93 bits per heavy atom. The van der Waals surface area contributed by atoms with E-state index in [2.05, 4.69) is 15.6 Å². The highest BCUT2D eigenvalue weighted by atomic mass is 16.5. The van der Waals surface area contributed by atoms with E-state index in [1.807, 2.05) is 12.1 Å². The van der Waals surface area contributed by atoms with Gasteiger partial charge in [-0.1, -0.05) is 18.9 Å². The first-order valence-corrected chi connectivity index (χ1v) is 9.76. The normalized spacial score (nSPS) is 15.9. The number of carbonyl (C=O) groups excluding carboxylic acids is 1. The lowest BCUT2D eigenvalue weighted by atomic mass is 9.83. The second kappa shape index (κ2) is 10.9. The summed E-state index contributed by atoms with van der Waals surface area (Å²) in [4.78, 5) is 16.1. The average molecular weight is 392 g/mol. The van der Waals surface area contributed by atoms with E-state index in [4.69, 9.17) is 14.2 Å². The number of ether oxygens (including phenoxy) is 3. The van der Waals surface area contributed by atoms with Gasteiger partial charge < -0.3 is 24.8 Å². The van der Waals surface area contributed by atoms with Crippen molar-refractivity contribution in [1.82, 2.24) is 10.6 Å². The molecule has 0 amide bonds. The molecule has 1 fully saturated rings. The van der Waals surface area contributed by atoms with E-state index < -0.39 is 5.97 Å². The molecule has 1 aliphatic rings. The number of nitrogens with zero attached hydrogens (tertiary/aromatic N) is 1. The quantitative estimate of drug-likeness (QED) is 0.383. The van der Waals surface area contributed by atoms with Crippen molar-refractivity contribution in [3.05, 3.63) is 29.3 Å². The first kappa shape index (κ1) is 22.0. The summed E-state index contributed by atoms with van der Waals surface area (Å²) in [6, 6.07) is 5.44. The van der Waals surface area contributed by atoms with E-state index in [0.29, 0.717) is 23.3 Å². The number of benzene rings is 1. The van der Waals surface area contributed by atoms with Crippen molar-refractivity contribution in [3.8, 4) is 5.75 Å². The summed E-state index contributed by atoms with van der Waals surface area (Å²) in [6.45, 7) is 2.25. The van der Waals surface area contributed by atoms with Gasteiger partial charge in [-0.2, -0.15) is 0 Å². The molecular weight excluding hydrogens is 358 g/mol. The highest BCUT2D eigenvalue weighted by molar-refractivity contribution is 5.92. The van der Waals surface area contributed by atoms with Crippen molar-refractivity contribution < 1.29 is 19.0 Å². The molecule has 0 bridgehead atoms. The molecule has 1 aromatic rings. The van der Waals surface area contributed by atoms with E-state index in [0.717, 1.165) is 31.1 Å². The number of esters is 1. The lowest BCUT2D eigenvalue weighted by Gasteiger charge is -2.30. The van der Waals surface area contributed by atoms with Gasteiger partial charge in [0, 0.05) is 33.9 Å². The van der Waals surface area contributed by atoms with E-state index in [9.17, 15) is 4.79 Å². The van der Waals surface area contributed by atoms with Crippen LogP contribution in [0.3, 0.4) is 0 Å². The summed E-state index contributed by atoms with van der Waals surface area (Å²) in [5, 5.41) is 6.81. The molecule has 0 aliphatic heterocycles. The molecule has 0 saturated heterocycles. The highest BCUT2D eigenvalue weighted by Gasteiger charge is 2.33. The number of aliphatic imine (C=N–C) groups is 1. The smallest absolute Gasteiger partial charge is 0.341 e. The Kier molecular flexibility index (Phi) is 8.57. The Morgan fingerprint density at radius 3 is 2.54 bits per heavy atom. The first-order chi connectivity index (χ1) is 13.6. The Morgan fingerprint density at radius 1 is 1.18 bits per heavy atom. The molecule has 1 aromatic carbocycles. The van der Waals surface area contributed by atoms with Crippen LogP contribution in [0.2, 0.25) is 0 Å². The molecule has 0 unspecified atom stereocenters. The maximum Gasteiger partial charge on any atom is 0.341 e. The molecule has 0 heterocycles. The van der Waals surface area contributed by atoms with Gasteiger partial charge >= 0.3 is 5.97 Å². The van der Waals surface area contributed by atoms with Crippen LogP contribution in [0.25, 0.3) is 0 Å². The molecule has 28 heavy (non-hydrogen) atoms. The summed E-state index contributed by atoms with van der Waals surface area (Å²) in [7, 11) is 6.43. The fraction of sp³-hybridized carbons (Fsp3) is 0.619. The second-order valence-electron chi connectivity index (χ2n) is 7.26. The lowest BCUT2D eigenvalue weighted by molar-refractivity contribution is 0.0597. The van der Waals surface area contributed by atoms with Gasteiger partial charge in [-0.05, 0) is 42.4 Å². The number of rotatable bonds is 9. The van der Waals surface area contributed by atoms with Crippen LogP contribution in [-0.2, 0) is 16.0 Å². The minimum absolute atomic E-state index is 0.291. The SMILES string of the molecule is CN=C(NCc1ccc(C(=O)OC)c(OC)c1)NCC1(CCOC)CCCC1. The minimum atomic E-state index is -0.410. The third-order valence-electron chi connectivity index (χ3n) is 5.49. The van der Waals surface area contributed by atoms with Crippen LogP contribution in [0.4, 0.5) is 0 Å². The molecule has 0 radical (unpaired) electrons. The molecule has 2 rings (SSSR count). The lowest BCUT2D eigenvalue weighted by Crippen LogP contribution is -2.43. The van der Waals surface area contributed by atoms with Gasteiger partial charge in [0.15, 0.2) is 5.96 Å². The van der Waals surface area contributed by atoms with Crippen molar-refractivity contribution in [3.63, 3.8) is 0 Å². The highest BCUT2D eigenvalue weighted by Crippen LogP contribution is 2.40. The van der Waals surface area contributed by atoms with E-state index in [-0.39, 0.29) is 0 Å². The monoisotopic (exact) mass is 391 g/mol. The molecule has 0 atom stereocenters. The number of hydrogen-bond donors (Lipinski definition) is 2. The Hall–Kier alpha value is -2.28. The third kappa shape index (κ3) is 5.86. The molecule has 7 heteroatoms. The van der Waals surface area contributed by atoms with Gasteiger partial charge in [-0.3, -0.25) is 4.99 Å². The maximum atomic E-state index is 11.8. The third-order valence-corrected chi connectivity index (χ3v) is 5.49. The van der Waals surface area contributed by atoms with Gasteiger partial charge in [0.25, 0.3) is 0 Å². The Bertz CT molecular complexity index is 670. The first-order valence-electron chi connectivity index (χ1n) is 9.76. The van der Waals surface area contributed by atoms with Gasteiger partial charge in [0.05, 0.1) is 14.2 Å². The van der Waals surface area contributed by atoms with E-state index in [1.165, 1.54) is 32.8 Å². The Labute approximate surface area is 167 Å². The predicted molar refractivity (Wildman–Crippen MR) is 110 cm³/mol. The molecule has 1 aliphatic carbocycles. The zero-order valence-corrected chi connectivity index (χ0v) is 17.5. The van der Waals surface area contributed by atoms with Crippen LogP contribution in [0.1, 0.15) is 48.0 Å². The fourth-order valence-corrected chi connectivity index (χ4v) is 3.76. The molecule has 156 valence electrons. The summed E-state index contributed by atoms with van der Waals surface area (Å²) < 4.78 is 15.4. The van der Waals surface area contributed by atoms with Crippen LogP contribution >= 0.6 is 0 Å². The van der Waals surface area contributed by atoms with Gasteiger partial charge in [0.1, 0.15) is 11.3 Å². The molecule has 0 spiro atoms. The minimum Gasteiger partial charge on any atom is -0.496 e. The van der Waals surface area contributed by atoms with Crippen molar-refractivity contribution in [2.45, 2.75) is 38.6 Å². The molecule has 0 aromatic heterocycles. The van der Waals surface area contributed by atoms with Crippen LogP contribution in [0.5, 0.6) is 5.75 Å².